The summed E-state index contributed by atoms with van der Waals surface area (Å²) in [6, 6.07) is 62.9. The molecule has 54 heavy (non-hydrogen) atoms. The van der Waals surface area contributed by atoms with Crippen LogP contribution in [0, 0.1) is 0 Å². The lowest BCUT2D eigenvalue weighted by Gasteiger charge is -2.31. The van der Waals surface area contributed by atoms with Gasteiger partial charge in [0.2, 0.25) is 0 Å². The molecule has 12 heteroatoms. The molecule has 1 heterocycles. The Kier molecular flexibility index (Phi) is 10.4. The lowest BCUT2D eigenvalue weighted by molar-refractivity contribution is 0.458. The van der Waals surface area contributed by atoms with Crippen LogP contribution in [0.2, 0.25) is 0 Å². The Balaban J connectivity index is 1.31. The van der Waals surface area contributed by atoms with Crippen LogP contribution in [0.4, 0.5) is 0 Å². The summed E-state index contributed by atoms with van der Waals surface area (Å²) in [5, 5.41) is 0. The summed E-state index contributed by atoms with van der Waals surface area (Å²) in [6.07, 6.45) is 0. The van der Waals surface area contributed by atoms with Gasteiger partial charge in [0.05, 0.1) is 0 Å². The highest BCUT2D eigenvalue weighted by molar-refractivity contribution is 7.94. The molecule has 0 aromatic heterocycles. The van der Waals surface area contributed by atoms with Crippen molar-refractivity contribution < 1.29 is 22.6 Å². The van der Waals surface area contributed by atoms with E-state index in [2.05, 4.69) is 0 Å². The van der Waals surface area contributed by atoms with E-state index in [9.17, 15) is 0 Å². The van der Waals surface area contributed by atoms with Gasteiger partial charge in [-0.2, -0.15) is 0 Å². The van der Waals surface area contributed by atoms with Gasteiger partial charge < -0.3 is 22.6 Å². The molecule has 3 unspecified atom stereocenters. The summed E-state index contributed by atoms with van der Waals surface area (Å²) in [5.74, 6) is 2.25. The monoisotopic (exact) mass is 787 g/mol. The van der Waals surface area contributed by atoms with E-state index in [0.29, 0.717) is 28.7 Å². The smallest absolute Gasteiger partial charge is 0.431 e. The van der Waals surface area contributed by atoms with E-state index < -0.39 is 22.1 Å². The second kappa shape index (κ2) is 15.9. The highest BCUT2D eigenvalue weighted by Gasteiger charge is 2.46. The lowest BCUT2D eigenvalue weighted by atomic mass is 10.1. The van der Waals surface area contributed by atoms with E-state index in [1.54, 1.807) is 36.4 Å². The molecule has 3 atom stereocenters. The molecule has 0 N–H and O–H groups in total. The average molecular weight is 788 g/mol. The van der Waals surface area contributed by atoms with Crippen LogP contribution in [0.5, 0.6) is 28.7 Å². The first kappa shape index (κ1) is 35.5. The number of hydrogen-bond acceptors (Lipinski definition) is 8. The number of halogens is 1. The predicted octanol–water partition coefficient (Wildman–Crippen LogP) is 14.8. The standard InChI is InChI=1S/C42H33ClN3O5P3/c43-52(47-38-20-10-3-11-21-38)44-53(48-39-22-12-4-13-23-39,50-41-30-26-36(27-31-41)34-16-6-1-7-17-34)46-54(45-52,49-40-24-14-5-15-25-40)51-42-32-28-37(29-33-42)35-18-8-2-9-19-35/h1-33H. The molecule has 7 aromatic rings. The zero-order valence-corrected chi connectivity index (χ0v) is 32.1. The van der Waals surface area contributed by atoms with Crippen molar-refractivity contribution in [3.05, 3.63) is 200 Å². The third-order valence-corrected chi connectivity index (χ3v) is 17.0. The first-order valence-corrected chi connectivity index (χ1v) is 22.6. The quantitative estimate of drug-likeness (QED) is 0.115. The first-order chi connectivity index (χ1) is 26.4. The van der Waals surface area contributed by atoms with E-state index in [1.165, 1.54) is 0 Å². The van der Waals surface area contributed by atoms with Crippen LogP contribution >= 0.6 is 33.3 Å². The van der Waals surface area contributed by atoms with Crippen molar-refractivity contribution >= 4 is 33.3 Å². The average Bonchev–Trinajstić information content (AvgIpc) is 3.20. The third-order valence-electron chi connectivity index (χ3n) is 7.94. The van der Waals surface area contributed by atoms with Gasteiger partial charge in [0.1, 0.15) is 28.7 Å². The van der Waals surface area contributed by atoms with Gasteiger partial charge >= 0.3 is 22.1 Å². The molecule has 1 aliphatic heterocycles. The van der Waals surface area contributed by atoms with Crippen LogP contribution in [-0.2, 0) is 0 Å². The molecule has 0 saturated heterocycles. The van der Waals surface area contributed by atoms with Gasteiger partial charge in [-0.1, -0.05) is 144 Å². The van der Waals surface area contributed by atoms with Gasteiger partial charge in [0.25, 0.3) is 0 Å². The molecule has 8 rings (SSSR count). The maximum atomic E-state index is 7.48. The Morgan fingerprint density at radius 2 is 0.556 bits per heavy atom. The van der Waals surface area contributed by atoms with E-state index in [0.717, 1.165) is 22.3 Å². The number of nitrogens with zero attached hydrogens (tertiary/aromatic N) is 3. The Hall–Kier alpha value is -5.48. The van der Waals surface area contributed by atoms with E-state index in [4.69, 9.17) is 47.4 Å². The van der Waals surface area contributed by atoms with Gasteiger partial charge in [0.15, 0.2) is 0 Å². The number of hydrogen-bond donors (Lipinski definition) is 0. The molecular weight excluding hydrogens is 755 g/mol. The molecule has 8 nitrogen and oxygen atoms in total. The Bertz CT molecular complexity index is 2370. The Morgan fingerprint density at radius 1 is 0.278 bits per heavy atom. The van der Waals surface area contributed by atoms with E-state index >= 15 is 0 Å². The van der Waals surface area contributed by atoms with Crippen LogP contribution in [0.25, 0.3) is 22.3 Å². The van der Waals surface area contributed by atoms with Crippen molar-refractivity contribution in [1.29, 1.82) is 0 Å². The summed E-state index contributed by atoms with van der Waals surface area (Å²) < 4.78 is 48.7. The van der Waals surface area contributed by atoms with Gasteiger partial charge in [-0.3, -0.25) is 0 Å². The number of rotatable bonds is 12. The van der Waals surface area contributed by atoms with Crippen LogP contribution in [-0.4, -0.2) is 0 Å². The van der Waals surface area contributed by atoms with E-state index in [-0.39, 0.29) is 0 Å². The summed E-state index contributed by atoms with van der Waals surface area (Å²) >= 11 is 7.48. The minimum Gasteiger partial charge on any atom is -0.431 e. The minimum atomic E-state index is -3.88. The fraction of sp³-hybridized carbons (Fsp3) is 0. The molecule has 7 aromatic carbocycles. The van der Waals surface area contributed by atoms with Gasteiger partial charge in [-0.25, -0.2) is 0 Å². The summed E-state index contributed by atoms with van der Waals surface area (Å²) in [7, 11) is -7.77. The summed E-state index contributed by atoms with van der Waals surface area (Å²) in [6.45, 7) is -3.76. The third kappa shape index (κ3) is 8.66. The topological polar surface area (TPSA) is 83.2 Å². The molecule has 0 bridgehead atoms. The first-order valence-electron chi connectivity index (χ1n) is 17.0. The fourth-order valence-corrected chi connectivity index (χ4v) is 15.6. The van der Waals surface area contributed by atoms with Crippen molar-refractivity contribution in [2.45, 2.75) is 0 Å². The highest BCUT2D eigenvalue weighted by Crippen LogP contribution is 2.80. The zero-order valence-electron chi connectivity index (χ0n) is 28.7. The fourth-order valence-electron chi connectivity index (χ4n) is 5.50. The van der Waals surface area contributed by atoms with Crippen molar-refractivity contribution in [3.8, 4) is 51.0 Å². The van der Waals surface area contributed by atoms with Crippen molar-refractivity contribution in [2.75, 3.05) is 0 Å². The lowest BCUT2D eigenvalue weighted by Crippen LogP contribution is -2.08. The maximum absolute atomic E-state index is 7.48. The molecule has 0 saturated carbocycles. The van der Waals surface area contributed by atoms with E-state index in [1.807, 2.05) is 164 Å². The Labute approximate surface area is 319 Å². The molecule has 0 amide bonds. The number of benzene rings is 7. The largest absolute Gasteiger partial charge is 0.459 e. The van der Waals surface area contributed by atoms with Gasteiger partial charge in [-0.05, 0) is 94.2 Å². The second-order valence-corrected chi connectivity index (χ2v) is 19.2. The SMILES string of the molecule is ClP1(Oc2ccccc2)=NP(Oc2ccccc2)(Oc2ccc(-c3ccccc3)cc2)=NP(Oc2ccccc2)(Oc2ccc(-c3ccccc3)cc2)=N1. The molecule has 1 aliphatic rings. The predicted molar refractivity (Wildman–Crippen MR) is 220 cm³/mol. The molecule has 268 valence electrons. The zero-order chi connectivity index (χ0) is 36.7. The normalized spacial score (nSPS) is 20.2. The van der Waals surface area contributed by atoms with Gasteiger partial charge in [0, 0.05) is 0 Å². The van der Waals surface area contributed by atoms with Crippen LogP contribution in [0.3, 0.4) is 0 Å². The Morgan fingerprint density at radius 3 is 0.926 bits per heavy atom. The van der Waals surface area contributed by atoms with Crippen LogP contribution in [0.1, 0.15) is 0 Å². The molecule has 0 aliphatic carbocycles. The van der Waals surface area contributed by atoms with Crippen molar-refractivity contribution in [2.24, 2.45) is 13.5 Å². The minimum absolute atomic E-state index is 0.446. The van der Waals surface area contributed by atoms with Crippen LogP contribution in [0.15, 0.2) is 214 Å². The molecule has 0 radical (unpaired) electrons. The number of para-hydroxylation sites is 3. The molecular formula is C42H33ClN3O5P3. The van der Waals surface area contributed by atoms with Crippen molar-refractivity contribution in [1.82, 2.24) is 0 Å². The summed E-state index contributed by atoms with van der Waals surface area (Å²) in [4.78, 5) is 0. The maximum Gasteiger partial charge on any atom is 0.459 e. The van der Waals surface area contributed by atoms with Crippen molar-refractivity contribution in [3.63, 3.8) is 0 Å². The van der Waals surface area contributed by atoms with Gasteiger partial charge in [-0.15, -0.1) is 9.03 Å². The summed E-state index contributed by atoms with van der Waals surface area (Å²) in [5.41, 5.74) is 4.15. The second-order valence-electron chi connectivity index (χ2n) is 11.9. The molecule has 0 fully saturated rings. The highest BCUT2D eigenvalue weighted by atomic mass is 35.7. The molecule has 0 spiro atoms. The van der Waals surface area contributed by atoms with Crippen LogP contribution < -0.4 is 22.6 Å².